The molecule has 0 aliphatic carbocycles. The van der Waals surface area contributed by atoms with E-state index in [0.29, 0.717) is 12.2 Å². The maximum atomic E-state index is 12.6. The van der Waals surface area contributed by atoms with Crippen molar-refractivity contribution in [3.63, 3.8) is 0 Å². The number of carbonyl (C=O) groups is 2. The number of anilines is 2. The molecule has 0 aromatic heterocycles. The third-order valence-electron chi connectivity index (χ3n) is 4.19. The Labute approximate surface area is 177 Å². The minimum absolute atomic E-state index is 0.0391. The highest BCUT2D eigenvalue weighted by atomic mass is 32.2. The zero-order valence-electron chi connectivity index (χ0n) is 17.4. The van der Waals surface area contributed by atoms with Gasteiger partial charge in [-0.25, -0.2) is 8.42 Å². The molecule has 0 bridgehead atoms. The predicted octanol–water partition coefficient (Wildman–Crippen LogP) is 3.26. The first-order valence-corrected chi connectivity index (χ1v) is 11.5. The second kappa shape index (κ2) is 10.6. The Balaban J connectivity index is 2.00. The van der Waals surface area contributed by atoms with E-state index in [1.54, 1.807) is 30.3 Å². The number of nitrogens with one attached hydrogen (secondary N) is 2. The van der Waals surface area contributed by atoms with Crippen LogP contribution in [-0.4, -0.2) is 44.5 Å². The zero-order chi connectivity index (χ0) is 22.1. The molecule has 30 heavy (non-hydrogen) atoms. The van der Waals surface area contributed by atoms with Crippen LogP contribution in [0.3, 0.4) is 0 Å². The van der Waals surface area contributed by atoms with E-state index in [2.05, 4.69) is 10.0 Å². The van der Waals surface area contributed by atoms with E-state index in [4.69, 9.17) is 0 Å². The van der Waals surface area contributed by atoms with Crippen molar-refractivity contribution in [1.29, 1.82) is 0 Å². The summed E-state index contributed by atoms with van der Waals surface area (Å²) < 4.78 is 24.9. The lowest BCUT2D eigenvalue weighted by atomic mass is 10.2. The number of nitrogens with zero attached hydrogens (tertiary/aromatic N) is 1. The highest BCUT2D eigenvalue weighted by Crippen LogP contribution is 2.14. The van der Waals surface area contributed by atoms with Gasteiger partial charge in [-0.3, -0.25) is 14.3 Å². The number of rotatable bonds is 9. The largest absolute Gasteiger partial charge is 0.330 e. The summed E-state index contributed by atoms with van der Waals surface area (Å²) in [5, 5.41) is 2.84. The number of sulfonamides is 1. The lowest BCUT2D eigenvalue weighted by molar-refractivity contribution is -0.130. The van der Waals surface area contributed by atoms with Gasteiger partial charge in [0.2, 0.25) is 21.8 Å². The van der Waals surface area contributed by atoms with Crippen molar-refractivity contribution >= 4 is 39.3 Å². The van der Waals surface area contributed by atoms with Crippen molar-refractivity contribution in [1.82, 2.24) is 4.90 Å². The molecule has 2 aromatic carbocycles. The standard InChI is InChI=1S/C22H27N3O4S/c1-4-15-25(16-21(26)23-20-8-6-5-7-17(20)2)22(27)14-11-18-9-12-19(13-10-18)24-30(3,28)29/h5-14,24H,4,15-16H2,1-3H3,(H,23,26)/b14-11+. The fourth-order valence-corrected chi connectivity index (χ4v) is 3.33. The summed E-state index contributed by atoms with van der Waals surface area (Å²) in [6.07, 6.45) is 4.85. The molecule has 0 atom stereocenters. The first kappa shape index (κ1) is 23.2. The molecule has 0 radical (unpaired) electrons. The normalized spacial score (nSPS) is 11.3. The van der Waals surface area contributed by atoms with E-state index in [0.717, 1.165) is 29.5 Å². The van der Waals surface area contributed by atoms with Gasteiger partial charge in [0.1, 0.15) is 6.54 Å². The Morgan fingerprint density at radius 2 is 1.73 bits per heavy atom. The van der Waals surface area contributed by atoms with Crippen LogP contribution in [0.25, 0.3) is 6.08 Å². The van der Waals surface area contributed by atoms with Gasteiger partial charge < -0.3 is 10.2 Å². The van der Waals surface area contributed by atoms with Crippen molar-refractivity contribution in [2.45, 2.75) is 20.3 Å². The molecule has 0 heterocycles. The molecule has 2 N–H and O–H groups in total. The molecule has 7 nitrogen and oxygen atoms in total. The summed E-state index contributed by atoms with van der Waals surface area (Å²) in [5.74, 6) is -0.522. The molecule has 8 heteroatoms. The number of para-hydroxylation sites is 1. The number of benzene rings is 2. The Bertz CT molecular complexity index is 1010. The van der Waals surface area contributed by atoms with Crippen LogP contribution in [0.2, 0.25) is 0 Å². The summed E-state index contributed by atoms with van der Waals surface area (Å²) in [4.78, 5) is 26.5. The van der Waals surface area contributed by atoms with Crippen LogP contribution in [0.5, 0.6) is 0 Å². The smallest absolute Gasteiger partial charge is 0.247 e. The number of amides is 2. The van der Waals surface area contributed by atoms with Crippen LogP contribution in [0.1, 0.15) is 24.5 Å². The summed E-state index contributed by atoms with van der Waals surface area (Å²) in [6, 6.07) is 14.1. The van der Waals surface area contributed by atoms with Gasteiger partial charge in [0.25, 0.3) is 0 Å². The average Bonchev–Trinajstić information content (AvgIpc) is 2.67. The van der Waals surface area contributed by atoms with E-state index in [-0.39, 0.29) is 18.4 Å². The van der Waals surface area contributed by atoms with E-state index < -0.39 is 10.0 Å². The van der Waals surface area contributed by atoms with Crippen LogP contribution in [0.15, 0.2) is 54.6 Å². The van der Waals surface area contributed by atoms with Gasteiger partial charge in [-0.2, -0.15) is 0 Å². The van der Waals surface area contributed by atoms with Crippen LogP contribution < -0.4 is 10.0 Å². The van der Waals surface area contributed by atoms with Gasteiger partial charge in [-0.1, -0.05) is 37.3 Å². The van der Waals surface area contributed by atoms with E-state index >= 15 is 0 Å². The van der Waals surface area contributed by atoms with Gasteiger partial charge in [0.15, 0.2) is 0 Å². The molecule has 2 amide bonds. The lowest BCUT2D eigenvalue weighted by Gasteiger charge is -2.20. The number of aryl methyl sites for hydroxylation is 1. The maximum Gasteiger partial charge on any atom is 0.247 e. The van der Waals surface area contributed by atoms with E-state index in [1.807, 2.05) is 38.1 Å². The van der Waals surface area contributed by atoms with Crippen molar-refractivity contribution in [2.75, 3.05) is 29.4 Å². The van der Waals surface area contributed by atoms with Crippen molar-refractivity contribution < 1.29 is 18.0 Å². The Hall–Kier alpha value is -3.13. The molecular formula is C22H27N3O4S. The quantitative estimate of drug-likeness (QED) is 0.598. The first-order valence-electron chi connectivity index (χ1n) is 9.58. The molecule has 2 aromatic rings. The Morgan fingerprint density at radius 3 is 2.33 bits per heavy atom. The summed E-state index contributed by atoms with van der Waals surface area (Å²) >= 11 is 0. The number of hydrogen-bond acceptors (Lipinski definition) is 4. The fraction of sp³-hybridized carbons (Fsp3) is 0.273. The number of carbonyl (C=O) groups excluding carboxylic acids is 2. The van der Waals surface area contributed by atoms with Crippen LogP contribution >= 0.6 is 0 Å². The predicted molar refractivity (Wildman–Crippen MR) is 121 cm³/mol. The topological polar surface area (TPSA) is 95.6 Å². The molecule has 2 rings (SSSR count). The molecule has 0 fully saturated rings. The van der Waals surface area contributed by atoms with Gasteiger partial charge in [0.05, 0.1) is 6.26 Å². The van der Waals surface area contributed by atoms with Gasteiger partial charge >= 0.3 is 0 Å². The van der Waals surface area contributed by atoms with Crippen molar-refractivity contribution in [2.24, 2.45) is 0 Å². The first-order chi connectivity index (χ1) is 14.2. The molecule has 160 valence electrons. The lowest BCUT2D eigenvalue weighted by Crippen LogP contribution is -2.37. The molecule has 0 aliphatic heterocycles. The molecule has 0 spiro atoms. The molecule has 0 aliphatic rings. The second-order valence-electron chi connectivity index (χ2n) is 6.95. The van der Waals surface area contributed by atoms with E-state index in [9.17, 15) is 18.0 Å². The summed E-state index contributed by atoms with van der Waals surface area (Å²) in [6.45, 7) is 4.27. The Morgan fingerprint density at radius 1 is 1.07 bits per heavy atom. The average molecular weight is 430 g/mol. The third kappa shape index (κ3) is 7.71. The summed E-state index contributed by atoms with van der Waals surface area (Å²) in [5.41, 5.74) is 2.86. The van der Waals surface area contributed by atoms with Gasteiger partial charge in [-0.15, -0.1) is 0 Å². The van der Waals surface area contributed by atoms with E-state index in [1.165, 1.54) is 11.0 Å². The SMILES string of the molecule is CCCN(CC(=O)Nc1ccccc1C)C(=O)/C=C/c1ccc(NS(C)(=O)=O)cc1. The highest BCUT2D eigenvalue weighted by Gasteiger charge is 2.15. The Kier molecular flexibility index (Phi) is 8.17. The van der Waals surface area contributed by atoms with Crippen LogP contribution in [0, 0.1) is 6.92 Å². The monoisotopic (exact) mass is 429 g/mol. The zero-order valence-corrected chi connectivity index (χ0v) is 18.2. The van der Waals surface area contributed by atoms with Crippen LogP contribution in [-0.2, 0) is 19.6 Å². The molecule has 0 saturated carbocycles. The van der Waals surface area contributed by atoms with Crippen molar-refractivity contribution in [3.05, 3.63) is 65.7 Å². The van der Waals surface area contributed by atoms with Crippen molar-refractivity contribution in [3.8, 4) is 0 Å². The number of hydrogen-bond donors (Lipinski definition) is 2. The van der Waals surface area contributed by atoms with Crippen LogP contribution in [0.4, 0.5) is 11.4 Å². The van der Waals surface area contributed by atoms with Gasteiger partial charge in [-0.05, 0) is 48.7 Å². The molecule has 0 unspecified atom stereocenters. The summed E-state index contributed by atoms with van der Waals surface area (Å²) in [7, 11) is -3.34. The van der Waals surface area contributed by atoms with Gasteiger partial charge in [0, 0.05) is 24.0 Å². The minimum atomic E-state index is -3.34. The minimum Gasteiger partial charge on any atom is -0.330 e. The molecular weight excluding hydrogens is 402 g/mol. The third-order valence-corrected chi connectivity index (χ3v) is 4.80. The second-order valence-corrected chi connectivity index (χ2v) is 8.70. The fourth-order valence-electron chi connectivity index (χ4n) is 2.76. The highest BCUT2D eigenvalue weighted by molar-refractivity contribution is 7.92. The maximum absolute atomic E-state index is 12.6. The molecule has 0 saturated heterocycles.